The highest BCUT2D eigenvalue weighted by Gasteiger charge is 2.32. The van der Waals surface area contributed by atoms with Crippen LogP contribution in [0.25, 0.3) is 0 Å². The van der Waals surface area contributed by atoms with E-state index < -0.39 is 0 Å². The van der Waals surface area contributed by atoms with E-state index in [0.717, 1.165) is 30.5 Å². The first kappa shape index (κ1) is 14.1. The summed E-state index contributed by atoms with van der Waals surface area (Å²) in [6.07, 6.45) is 5.73. The molecule has 2 aromatic heterocycles. The third kappa shape index (κ3) is 2.44. The van der Waals surface area contributed by atoms with Crippen molar-refractivity contribution in [3.63, 3.8) is 0 Å². The van der Waals surface area contributed by atoms with E-state index in [0.29, 0.717) is 36.9 Å². The molecular weight excluding hydrogens is 296 g/mol. The molecule has 23 heavy (non-hydrogen) atoms. The second kappa shape index (κ2) is 5.62. The van der Waals surface area contributed by atoms with Crippen molar-refractivity contribution in [1.29, 1.82) is 0 Å². The van der Waals surface area contributed by atoms with Crippen LogP contribution in [-0.2, 0) is 17.6 Å². The zero-order chi connectivity index (χ0) is 15.8. The van der Waals surface area contributed by atoms with Gasteiger partial charge in [0.15, 0.2) is 5.69 Å². The van der Waals surface area contributed by atoms with Crippen LogP contribution < -0.4 is 5.73 Å². The highest BCUT2D eigenvalue weighted by molar-refractivity contribution is 5.94. The smallest absolute Gasteiger partial charge is 0.274 e. The Hall–Kier alpha value is -2.48. The summed E-state index contributed by atoms with van der Waals surface area (Å²) in [7, 11) is 0. The quantitative estimate of drug-likeness (QED) is 0.834. The minimum absolute atomic E-state index is 0.0554. The molecule has 0 unspecified atom stereocenters. The molecule has 8 heteroatoms. The summed E-state index contributed by atoms with van der Waals surface area (Å²) < 4.78 is 5.73. The molecule has 0 bridgehead atoms. The van der Waals surface area contributed by atoms with E-state index in [9.17, 15) is 4.79 Å². The first-order chi connectivity index (χ1) is 11.2. The molecule has 0 radical (unpaired) electrons. The first-order valence-electron chi connectivity index (χ1n) is 7.77. The molecule has 0 saturated carbocycles. The lowest BCUT2D eigenvalue weighted by Crippen LogP contribution is -2.43. The molecule has 8 nitrogen and oxygen atoms in total. The zero-order valence-electron chi connectivity index (χ0n) is 12.7. The maximum absolute atomic E-state index is 12.8. The van der Waals surface area contributed by atoms with Crippen molar-refractivity contribution in [1.82, 2.24) is 25.1 Å². The van der Waals surface area contributed by atoms with E-state index >= 15 is 0 Å². The lowest BCUT2D eigenvalue weighted by molar-refractivity contribution is -0.0247. The normalized spacial score (nSPS) is 20.5. The van der Waals surface area contributed by atoms with Gasteiger partial charge in [-0.25, -0.2) is 4.98 Å². The monoisotopic (exact) mass is 314 g/mol. The third-order valence-corrected chi connectivity index (χ3v) is 4.42. The van der Waals surface area contributed by atoms with Gasteiger partial charge in [0.1, 0.15) is 17.6 Å². The third-order valence-electron chi connectivity index (χ3n) is 4.42. The molecule has 0 spiro atoms. The minimum atomic E-state index is -0.353. The number of carbonyl (C=O) groups is 1. The molecule has 120 valence electrons. The van der Waals surface area contributed by atoms with Gasteiger partial charge in [-0.1, -0.05) is 0 Å². The number of nitrogens with zero attached hydrogens (tertiary/aromatic N) is 4. The number of aryl methyl sites for hydroxylation is 1. The molecule has 2 aliphatic rings. The highest BCUT2D eigenvalue weighted by atomic mass is 16.5. The molecule has 1 saturated heterocycles. The summed E-state index contributed by atoms with van der Waals surface area (Å²) in [4.78, 5) is 22.8. The lowest BCUT2D eigenvalue weighted by Gasteiger charge is -2.32. The molecule has 0 aromatic carbocycles. The Morgan fingerprint density at radius 3 is 3.09 bits per heavy atom. The number of aromatic nitrogens is 4. The first-order valence-corrected chi connectivity index (χ1v) is 7.77. The van der Waals surface area contributed by atoms with E-state index in [1.54, 1.807) is 11.1 Å². The van der Waals surface area contributed by atoms with Crippen LogP contribution in [-0.4, -0.2) is 50.7 Å². The Labute approximate surface area is 133 Å². The van der Waals surface area contributed by atoms with Crippen molar-refractivity contribution in [3.8, 4) is 0 Å². The molecule has 1 amide bonds. The minimum Gasteiger partial charge on any atom is -0.382 e. The van der Waals surface area contributed by atoms with E-state index in [4.69, 9.17) is 10.5 Å². The standard InChI is InChI=1S/C15H18N6O2/c16-14-13(17-4-5-18-14)11-8-21(6-7-23-11)15(22)12-9-2-1-3-10(9)19-20-12/h4-5,11H,1-3,6-8H2,(H2,16,18)(H,19,20)/t11-/m0/s1. The van der Waals surface area contributed by atoms with Crippen LogP contribution in [0.15, 0.2) is 12.4 Å². The number of nitrogens with two attached hydrogens (primary N) is 1. The van der Waals surface area contributed by atoms with Crippen molar-refractivity contribution in [2.24, 2.45) is 0 Å². The van der Waals surface area contributed by atoms with Gasteiger partial charge in [-0.3, -0.25) is 14.9 Å². The number of morpholine rings is 1. The lowest BCUT2D eigenvalue weighted by atomic mass is 10.1. The number of nitrogens with one attached hydrogen (secondary N) is 1. The molecule has 1 aliphatic carbocycles. The van der Waals surface area contributed by atoms with Crippen molar-refractivity contribution in [3.05, 3.63) is 35.0 Å². The van der Waals surface area contributed by atoms with Gasteiger partial charge < -0.3 is 15.4 Å². The number of amides is 1. The summed E-state index contributed by atoms with van der Waals surface area (Å²) in [5.41, 5.74) is 9.15. The summed E-state index contributed by atoms with van der Waals surface area (Å²) in [6, 6.07) is 0. The predicted octanol–water partition coefficient (Wildman–Crippen LogP) is 0.484. The Morgan fingerprint density at radius 1 is 1.35 bits per heavy atom. The van der Waals surface area contributed by atoms with E-state index in [1.165, 1.54) is 6.20 Å². The fourth-order valence-electron chi connectivity index (χ4n) is 3.25. The summed E-state index contributed by atoms with van der Waals surface area (Å²) in [5, 5.41) is 7.21. The van der Waals surface area contributed by atoms with Gasteiger partial charge in [-0.05, 0) is 19.3 Å². The van der Waals surface area contributed by atoms with E-state index in [-0.39, 0.29) is 12.0 Å². The number of anilines is 1. The largest absolute Gasteiger partial charge is 0.382 e. The number of rotatable bonds is 2. The fourth-order valence-corrected chi connectivity index (χ4v) is 3.25. The fraction of sp³-hybridized carbons (Fsp3) is 0.467. The Balaban J connectivity index is 1.55. The second-order valence-corrected chi connectivity index (χ2v) is 5.82. The molecule has 1 fully saturated rings. The number of H-pyrrole nitrogens is 1. The van der Waals surface area contributed by atoms with E-state index in [2.05, 4.69) is 20.2 Å². The SMILES string of the molecule is Nc1nccnc1[C@@H]1CN(C(=O)c2n[nH]c3c2CCC3)CCO1. The number of ether oxygens (including phenoxy) is 1. The number of nitrogen functional groups attached to an aromatic ring is 1. The van der Waals surface area contributed by atoms with Gasteiger partial charge in [-0.15, -0.1) is 0 Å². The summed E-state index contributed by atoms with van der Waals surface area (Å²) in [5.74, 6) is 0.285. The molecule has 1 atom stereocenters. The van der Waals surface area contributed by atoms with Crippen LogP contribution in [0.2, 0.25) is 0 Å². The molecule has 3 N–H and O–H groups in total. The molecule has 2 aromatic rings. The second-order valence-electron chi connectivity index (χ2n) is 5.82. The van der Waals surface area contributed by atoms with Crippen molar-refractivity contribution in [2.45, 2.75) is 25.4 Å². The van der Waals surface area contributed by atoms with Gasteiger partial charge in [0, 0.05) is 30.2 Å². The number of aromatic amines is 1. The summed E-state index contributed by atoms with van der Waals surface area (Å²) >= 11 is 0. The van der Waals surface area contributed by atoms with Gasteiger partial charge in [0.25, 0.3) is 5.91 Å². The Kier molecular flexibility index (Phi) is 3.45. The number of carbonyl (C=O) groups excluding carboxylic acids is 1. The average Bonchev–Trinajstić information content (AvgIpc) is 3.18. The highest BCUT2D eigenvalue weighted by Crippen LogP contribution is 2.27. The zero-order valence-corrected chi connectivity index (χ0v) is 12.7. The average molecular weight is 314 g/mol. The Morgan fingerprint density at radius 2 is 2.22 bits per heavy atom. The molecule has 3 heterocycles. The van der Waals surface area contributed by atoms with Gasteiger partial charge in [0.2, 0.25) is 0 Å². The van der Waals surface area contributed by atoms with E-state index in [1.807, 2.05) is 0 Å². The van der Waals surface area contributed by atoms with Crippen LogP contribution in [0.3, 0.4) is 0 Å². The van der Waals surface area contributed by atoms with Gasteiger partial charge in [0.05, 0.1) is 13.2 Å². The van der Waals surface area contributed by atoms with Crippen LogP contribution in [0.1, 0.15) is 40.0 Å². The predicted molar refractivity (Wildman–Crippen MR) is 81.7 cm³/mol. The van der Waals surface area contributed by atoms with Crippen LogP contribution in [0.5, 0.6) is 0 Å². The maximum atomic E-state index is 12.8. The Bertz CT molecular complexity index is 743. The maximum Gasteiger partial charge on any atom is 0.274 e. The van der Waals surface area contributed by atoms with Crippen molar-refractivity contribution >= 4 is 11.7 Å². The van der Waals surface area contributed by atoms with Crippen LogP contribution in [0.4, 0.5) is 5.82 Å². The van der Waals surface area contributed by atoms with Crippen LogP contribution in [0, 0.1) is 0 Å². The topological polar surface area (TPSA) is 110 Å². The molecular formula is C15H18N6O2. The number of fused-ring (bicyclic) bond motifs is 1. The van der Waals surface area contributed by atoms with Crippen molar-refractivity contribution < 1.29 is 9.53 Å². The summed E-state index contributed by atoms with van der Waals surface area (Å²) in [6.45, 7) is 1.39. The number of hydrogen-bond donors (Lipinski definition) is 2. The van der Waals surface area contributed by atoms with Gasteiger partial charge >= 0.3 is 0 Å². The molecule has 4 rings (SSSR count). The van der Waals surface area contributed by atoms with Crippen molar-refractivity contribution in [2.75, 3.05) is 25.4 Å². The van der Waals surface area contributed by atoms with Crippen LogP contribution >= 0.6 is 0 Å². The number of hydrogen-bond acceptors (Lipinski definition) is 6. The molecule has 1 aliphatic heterocycles. The van der Waals surface area contributed by atoms with Gasteiger partial charge in [-0.2, -0.15) is 5.10 Å².